The third kappa shape index (κ3) is 6.54. The van der Waals surface area contributed by atoms with Gasteiger partial charge in [-0.15, -0.1) is 0 Å². The van der Waals surface area contributed by atoms with Crippen molar-refractivity contribution in [2.45, 2.75) is 38.7 Å². The van der Waals surface area contributed by atoms with E-state index < -0.39 is 0 Å². The molecule has 1 saturated heterocycles. The highest BCUT2D eigenvalue weighted by molar-refractivity contribution is 5.37. The molecule has 0 unspecified atom stereocenters. The third-order valence-corrected chi connectivity index (χ3v) is 3.56. The van der Waals surface area contributed by atoms with Crippen molar-refractivity contribution in [1.29, 1.82) is 0 Å². The Labute approximate surface area is 131 Å². The Balaban J connectivity index is 0.000000295. The second-order valence-corrected chi connectivity index (χ2v) is 6.42. The van der Waals surface area contributed by atoms with Crippen molar-refractivity contribution in [1.82, 2.24) is 5.32 Å². The second kappa shape index (κ2) is 8.86. The minimum absolute atomic E-state index is 0.205. The summed E-state index contributed by atoms with van der Waals surface area (Å²) in [5, 5.41) is 12.6. The van der Waals surface area contributed by atoms with Crippen LogP contribution in [0.2, 0.25) is 0 Å². The van der Waals surface area contributed by atoms with Crippen LogP contribution in [0.3, 0.4) is 0 Å². The van der Waals surface area contributed by atoms with Crippen molar-refractivity contribution in [2.24, 2.45) is 5.92 Å². The van der Waals surface area contributed by atoms with E-state index in [4.69, 9.17) is 0 Å². The highest BCUT2D eigenvalue weighted by Crippen LogP contribution is 2.28. The van der Waals surface area contributed by atoms with Gasteiger partial charge in [0.25, 0.3) is 6.47 Å². The van der Waals surface area contributed by atoms with Crippen LogP contribution in [0.4, 0.5) is 4.39 Å². The van der Waals surface area contributed by atoms with Gasteiger partial charge in [0.15, 0.2) is 0 Å². The Kier molecular flexibility index (Phi) is 7.48. The van der Waals surface area contributed by atoms with Gasteiger partial charge in [0.2, 0.25) is 0 Å². The zero-order chi connectivity index (χ0) is 16.6. The standard InChI is InChI=1S/C12H16FNO.C5H10O2/c13-11-3-1-9(2-4-11)12-7-14-6-5-10(12)8-15;1-5(2,3)7-4-6/h1-4,10,12,14-15H,5-8H2;4H,1-3H3/t10-,12-;/m0./s1. The molecule has 1 heterocycles. The van der Waals surface area contributed by atoms with E-state index in [-0.39, 0.29) is 18.0 Å². The summed E-state index contributed by atoms with van der Waals surface area (Å²) in [4.78, 5) is 9.60. The fourth-order valence-corrected chi connectivity index (χ4v) is 2.38. The van der Waals surface area contributed by atoms with Crippen LogP contribution in [0.1, 0.15) is 38.7 Å². The summed E-state index contributed by atoms with van der Waals surface area (Å²) < 4.78 is 17.3. The van der Waals surface area contributed by atoms with Gasteiger partial charge < -0.3 is 15.2 Å². The first-order valence-electron chi connectivity index (χ1n) is 7.56. The molecule has 0 aliphatic carbocycles. The molecule has 124 valence electrons. The van der Waals surface area contributed by atoms with Crippen molar-refractivity contribution in [2.75, 3.05) is 19.7 Å². The first-order valence-corrected chi connectivity index (χ1v) is 7.56. The van der Waals surface area contributed by atoms with Crippen molar-refractivity contribution in [3.63, 3.8) is 0 Å². The SMILES string of the molecule is CC(C)(C)OC=O.OC[C@@H]1CCNC[C@H]1c1ccc(F)cc1. The largest absolute Gasteiger partial charge is 0.462 e. The molecule has 22 heavy (non-hydrogen) atoms. The highest BCUT2D eigenvalue weighted by Gasteiger charge is 2.25. The molecule has 0 radical (unpaired) electrons. The van der Waals surface area contributed by atoms with Gasteiger partial charge >= 0.3 is 0 Å². The molecule has 2 N–H and O–H groups in total. The molecule has 5 heteroatoms. The van der Waals surface area contributed by atoms with E-state index >= 15 is 0 Å². The normalized spacial score (nSPS) is 21.5. The zero-order valence-electron chi connectivity index (χ0n) is 13.5. The molecule has 1 aliphatic heterocycles. The predicted octanol–water partition coefficient (Wildman–Crippen LogP) is 2.47. The van der Waals surface area contributed by atoms with Gasteiger partial charge in [0, 0.05) is 19.1 Å². The number of carbonyl (C=O) groups is 1. The number of aliphatic hydroxyl groups is 1. The molecule has 2 atom stereocenters. The molecular weight excluding hydrogens is 285 g/mol. The molecular formula is C17H26FNO3. The molecule has 4 nitrogen and oxygen atoms in total. The van der Waals surface area contributed by atoms with Gasteiger partial charge in [0.05, 0.1) is 0 Å². The average Bonchev–Trinajstić information content (AvgIpc) is 2.47. The van der Waals surface area contributed by atoms with Gasteiger partial charge in [-0.25, -0.2) is 4.39 Å². The number of rotatable bonds is 3. The quantitative estimate of drug-likeness (QED) is 0.842. The molecule has 1 fully saturated rings. The van der Waals surface area contributed by atoms with E-state index in [1.165, 1.54) is 12.1 Å². The predicted molar refractivity (Wildman–Crippen MR) is 84.1 cm³/mol. The topological polar surface area (TPSA) is 58.6 Å². The maximum atomic E-state index is 12.8. The maximum absolute atomic E-state index is 12.8. The first kappa shape index (κ1) is 18.6. The van der Waals surface area contributed by atoms with Gasteiger partial charge in [-0.05, 0) is 57.4 Å². The van der Waals surface area contributed by atoms with Crippen LogP contribution in [-0.4, -0.2) is 36.9 Å². The summed E-state index contributed by atoms with van der Waals surface area (Å²) in [6.45, 7) is 7.97. The van der Waals surface area contributed by atoms with Crippen LogP contribution >= 0.6 is 0 Å². The highest BCUT2D eigenvalue weighted by atomic mass is 19.1. The Morgan fingerprint density at radius 3 is 2.45 bits per heavy atom. The van der Waals surface area contributed by atoms with Crippen LogP contribution in [0.15, 0.2) is 24.3 Å². The van der Waals surface area contributed by atoms with Crippen LogP contribution in [0, 0.1) is 11.7 Å². The molecule has 0 saturated carbocycles. The molecule has 1 aromatic rings. The summed E-state index contributed by atoms with van der Waals surface area (Å²) in [5.74, 6) is 0.407. The van der Waals surface area contributed by atoms with Crippen LogP contribution in [0.25, 0.3) is 0 Å². The minimum Gasteiger partial charge on any atom is -0.462 e. The lowest BCUT2D eigenvalue weighted by molar-refractivity contribution is -0.138. The molecule has 0 bridgehead atoms. The maximum Gasteiger partial charge on any atom is 0.293 e. The van der Waals surface area contributed by atoms with Gasteiger partial charge in [-0.2, -0.15) is 0 Å². The fourth-order valence-electron chi connectivity index (χ4n) is 2.38. The van der Waals surface area contributed by atoms with Gasteiger partial charge in [0.1, 0.15) is 11.4 Å². The molecule has 1 aromatic carbocycles. The van der Waals surface area contributed by atoms with Gasteiger partial charge in [-0.1, -0.05) is 12.1 Å². The molecule has 0 amide bonds. The lowest BCUT2D eigenvalue weighted by Crippen LogP contribution is -2.36. The number of ether oxygens (including phenoxy) is 1. The van der Waals surface area contributed by atoms with Crippen molar-refractivity contribution in [3.05, 3.63) is 35.6 Å². The number of piperidine rings is 1. The van der Waals surface area contributed by atoms with E-state index in [1.807, 2.05) is 32.9 Å². The number of halogens is 1. The van der Waals surface area contributed by atoms with Crippen molar-refractivity contribution >= 4 is 6.47 Å². The number of benzene rings is 1. The Morgan fingerprint density at radius 1 is 1.36 bits per heavy atom. The van der Waals surface area contributed by atoms with Crippen molar-refractivity contribution < 1.29 is 19.0 Å². The summed E-state index contributed by atoms with van der Waals surface area (Å²) in [7, 11) is 0. The van der Waals surface area contributed by atoms with E-state index in [1.54, 1.807) is 0 Å². The fraction of sp³-hybridized carbons (Fsp3) is 0.588. The van der Waals surface area contributed by atoms with E-state index in [9.17, 15) is 14.3 Å². The van der Waals surface area contributed by atoms with E-state index in [0.29, 0.717) is 18.3 Å². The average molecular weight is 311 g/mol. The molecule has 1 aliphatic rings. The minimum atomic E-state index is -0.318. The first-order chi connectivity index (χ1) is 10.4. The van der Waals surface area contributed by atoms with Crippen LogP contribution in [-0.2, 0) is 9.53 Å². The Morgan fingerprint density at radius 2 is 2.00 bits per heavy atom. The number of aliphatic hydroxyl groups excluding tert-OH is 1. The van der Waals surface area contributed by atoms with Gasteiger partial charge in [-0.3, -0.25) is 4.79 Å². The molecule has 2 rings (SSSR count). The van der Waals surface area contributed by atoms with E-state index in [0.717, 1.165) is 25.1 Å². The number of carbonyl (C=O) groups excluding carboxylic acids is 1. The lowest BCUT2D eigenvalue weighted by Gasteiger charge is -2.31. The number of hydrogen-bond donors (Lipinski definition) is 2. The third-order valence-electron chi connectivity index (χ3n) is 3.56. The number of hydrogen-bond acceptors (Lipinski definition) is 4. The Bertz CT molecular complexity index is 442. The lowest BCUT2D eigenvalue weighted by atomic mass is 9.82. The summed E-state index contributed by atoms with van der Waals surface area (Å²) in [5.41, 5.74) is 0.796. The smallest absolute Gasteiger partial charge is 0.293 e. The summed E-state index contributed by atoms with van der Waals surface area (Å²) in [6.07, 6.45) is 0.985. The second-order valence-electron chi connectivity index (χ2n) is 6.42. The monoisotopic (exact) mass is 311 g/mol. The molecule has 0 aromatic heterocycles. The van der Waals surface area contributed by atoms with Crippen LogP contribution < -0.4 is 5.32 Å². The zero-order valence-corrected chi connectivity index (χ0v) is 13.5. The Hall–Kier alpha value is -1.46. The number of nitrogens with one attached hydrogen (secondary N) is 1. The summed E-state index contributed by atoms with van der Waals surface area (Å²) >= 11 is 0. The molecule has 0 spiro atoms. The van der Waals surface area contributed by atoms with Crippen LogP contribution in [0.5, 0.6) is 0 Å². The van der Waals surface area contributed by atoms with E-state index in [2.05, 4.69) is 10.1 Å². The summed E-state index contributed by atoms with van der Waals surface area (Å²) in [6, 6.07) is 6.60. The van der Waals surface area contributed by atoms with Crippen molar-refractivity contribution in [3.8, 4) is 0 Å².